The van der Waals surface area contributed by atoms with Gasteiger partial charge < -0.3 is 0 Å². The van der Waals surface area contributed by atoms with E-state index in [1.807, 2.05) is 60.7 Å². The maximum atomic E-state index is 10.1. The minimum Gasteiger partial charge on any atom is -0.268 e. The quantitative estimate of drug-likeness (QED) is 0.498. The van der Waals surface area contributed by atoms with Crippen molar-refractivity contribution in [3.63, 3.8) is 0 Å². The first-order chi connectivity index (χ1) is 14.8. The van der Waals surface area contributed by atoms with E-state index in [2.05, 4.69) is 28.9 Å². The number of unbranched alkanes of at least 4 members (excludes halogenated alkanes) is 3. The lowest BCUT2D eigenvalue weighted by atomic mass is 9.97. The van der Waals surface area contributed by atoms with E-state index in [-0.39, 0.29) is 18.2 Å². The summed E-state index contributed by atoms with van der Waals surface area (Å²) in [7, 11) is 0. The third-order valence-electron chi connectivity index (χ3n) is 6.05. The van der Waals surface area contributed by atoms with Crippen LogP contribution in [0.25, 0.3) is 0 Å². The summed E-state index contributed by atoms with van der Waals surface area (Å²) in [5.41, 5.74) is 2.07. The van der Waals surface area contributed by atoms with Crippen molar-refractivity contribution in [2.24, 2.45) is 0 Å². The number of nitriles is 2. The minimum absolute atomic E-state index is 0.0883. The molecule has 156 valence electrons. The molecule has 0 radical (unpaired) electrons. The number of benzene rings is 2. The van der Waals surface area contributed by atoms with E-state index in [0.29, 0.717) is 0 Å². The van der Waals surface area contributed by atoms with Gasteiger partial charge >= 0.3 is 0 Å². The second kappa shape index (κ2) is 11.5. The molecule has 1 heterocycles. The summed E-state index contributed by atoms with van der Waals surface area (Å²) < 4.78 is 0. The Morgan fingerprint density at radius 3 is 1.73 bits per heavy atom. The summed E-state index contributed by atoms with van der Waals surface area (Å²) in [6.45, 7) is 3.99. The molecule has 0 amide bonds. The van der Waals surface area contributed by atoms with Gasteiger partial charge in [-0.05, 0) is 24.0 Å². The van der Waals surface area contributed by atoms with Crippen LogP contribution in [0.4, 0.5) is 0 Å². The first kappa shape index (κ1) is 22.0. The highest BCUT2D eigenvalue weighted by Gasteiger charge is 2.38. The van der Waals surface area contributed by atoms with Crippen LogP contribution >= 0.6 is 0 Å². The van der Waals surface area contributed by atoms with Gasteiger partial charge in [-0.2, -0.15) is 10.5 Å². The van der Waals surface area contributed by atoms with Crippen molar-refractivity contribution < 1.29 is 0 Å². The van der Waals surface area contributed by atoms with Crippen LogP contribution in [0.5, 0.6) is 0 Å². The molecule has 4 nitrogen and oxygen atoms in total. The van der Waals surface area contributed by atoms with Crippen LogP contribution in [-0.2, 0) is 0 Å². The predicted molar refractivity (Wildman–Crippen MR) is 120 cm³/mol. The van der Waals surface area contributed by atoms with Gasteiger partial charge in [0.25, 0.3) is 0 Å². The molecule has 1 aliphatic rings. The summed E-state index contributed by atoms with van der Waals surface area (Å²) in [6, 6.07) is 24.7. The Bertz CT molecular complexity index is 771. The Kier molecular flexibility index (Phi) is 8.45. The smallest absolute Gasteiger partial charge is 0.125 e. The Labute approximate surface area is 181 Å². The van der Waals surface area contributed by atoms with Gasteiger partial charge in [0.2, 0.25) is 0 Å². The lowest BCUT2D eigenvalue weighted by molar-refractivity contribution is -0.0321. The first-order valence-corrected chi connectivity index (χ1v) is 11.2. The maximum Gasteiger partial charge on any atom is 0.125 e. The highest BCUT2D eigenvalue weighted by Crippen LogP contribution is 2.34. The van der Waals surface area contributed by atoms with Crippen molar-refractivity contribution in [1.29, 1.82) is 10.5 Å². The highest BCUT2D eigenvalue weighted by molar-refractivity contribution is 5.26. The van der Waals surface area contributed by atoms with E-state index in [0.717, 1.165) is 43.5 Å². The van der Waals surface area contributed by atoms with Gasteiger partial charge in [0.05, 0.1) is 18.3 Å². The molecule has 30 heavy (non-hydrogen) atoms. The van der Waals surface area contributed by atoms with Gasteiger partial charge in [-0.15, -0.1) is 0 Å². The van der Waals surface area contributed by atoms with Crippen LogP contribution in [0.3, 0.4) is 0 Å². The van der Waals surface area contributed by atoms with Crippen LogP contribution in [0.1, 0.15) is 68.7 Å². The average molecular weight is 401 g/mol. The highest BCUT2D eigenvalue weighted by atomic mass is 15.4. The van der Waals surface area contributed by atoms with Crippen LogP contribution < -0.4 is 0 Å². The number of hydrogen-bond donors (Lipinski definition) is 0. The summed E-state index contributed by atoms with van der Waals surface area (Å²) >= 11 is 0. The third kappa shape index (κ3) is 5.28. The summed E-state index contributed by atoms with van der Waals surface area (Å²) in [4.78, 5) is 4.66. The van der Waals surface area contributed by atoms with E-state index < -0.39 is 0 Å². The molecule has 1 fully saturated rings. The zero-order chi connectivity index (χ0) is 21.2. The molecule has 2 aromatic rings. The second-order valence-electron chi connectivity index (χ2n) is 8.04. The van der Waals surface area contributed by atoms with Crippen molar-refractivity contribution in [2.75, 3.05) is 13.1 Å². The van der Waals surface area contributed by atoms with E-state index in [9.17, 15) is 10.5 Å². The molecular formula is C26H32N4. The zero-order valence-corrected chi connectivity index (χ0v) is 18.0. The Balaban J connectivity index is 1.91. The lowest BCUT2D eigenvalue weighted by Gasteiger charge is -2.47. The van der Waals surface area contributed by atoms with Gasteiger partial charge in [0.1, 0.15) is 12.1 Å². The first-order valence-electron chi connectivity index (χ1n) is 11.2. The Morgan fingerprint density at radius 2 is 1.30 bits per heavy atom. The Morgan fingerprint density at radius 1 is 0.800 bits per heavy atom. The van der Waals surface area contributed by atoms with Crippen LogP contribution in [0.2, 0.25) is 0 Å². The van der Waals surface area contributed by atoms with Crippen LogP contribution in [0.15, 0.2) is 60.7 Å². The molecule has 0 aromatic heterocycles. The minimum atomic E-state index is -0.291. The molecular weight excluding hydrogens is 368 g/mol. The van der Waals surface area contributed by atoms with Gasteiger partial charge in [0, 0.05) is 13.1 Å². The Hall–Kier alpha value is -2.66. The fraction of sp³-hybridized carbons (Fsp3) is 0.462. The van der Waals surface area contributed by atoms with Crippen LogP contribution in [0, 0.1) is 22.7 Å². The lowest BCUT2D eigenvalue weighted by Crippen LogP contribution is -2.55. The number of rotatable bonds is 9. The van der Waals surface area contributed by atoms with Gasteiger partial charge in [-0.25, -0.2) is 0 Å². The number of nitrogens with zero attached hydrogens (tertiary/aromatic N) is 4. The van der Waals surface area contributed by atoms with Crippen LogP contribution in [-0.4, -0.2) is 29.1 Å². The van der Waals surface area contributed by atoms with Crippen molar-refractivity contribution >= 4 is 0 Å². The summed E-state index contributed by atoms with van der Waals surface area (Å²) in [6.07, 6.45) is 6.77. The van der Waals surface area contributed by atoms with Gasteiger partial charge in [-0.1, -0.05) is 93.3 Å². The molecule has 2 aromatic carbocycles. The molecule has 0 N–H and O–H groups in total. The van der Waals surface area contributed by atoms with Crippen molar-refractivity contribution in [3.8, 4) is 12.1 Å². The fourth-order valence-electron chi connectivity index (χ4n) is 4.56. The molecule has 1 aliphatic heterocycles. The third-order valence-corrected chi connectivity index (χ3v) is 6.05. The standard InChI is InChI=1S/C26H32N4/c1-2-3-4-11-17-26-29(24(20-27)22-13-7-5-8-14-22)18-12-19-30(26)25(21-28)23-15-9-6-10-16-23/h5-10,13-16,24-26H,2-4,11-12,17-19H2,1H3. The van der Waals surface area contributed by atoms with E-state index in [1.165, 1.54) is 19.3 Å². The topological polar surface area (TPSA) is 54.1 Å². The van der Waals surface area contributed by atoms with E-state index >= 15 is 0 Å². The van der Waals surface area contributed by atoms with Crippen molar-refractivity contribution in [1.82, 2.24) is 9.80 Å². The van der Waals surface area contributed by atoms with E-state index in [1.54, 1.807) is 0 Å². The van der Waals surface area contributed by atoms with Crippen molar-refractivity contribution in [2.45, 2.75) is 63.7 Å². The summed E-state index contributed by atoms with van der Waals surface area (Å²) in [5.74, 6) is 0. The summed E-state index contributed by atoms with van der Waals surface area (Å²) in [5, 5.41) is 20.2. The van der Waals surface area contributed by atoms with Gasteiger partial charge in [-0.3, -0.25) is 9.80 Å². The normalized spacial score (nSPS) is 19.5. The fourth-order valence-corrected chi connectivity index (χ4v) is 4.56. The molecule has 3 rings (SSSR count). The number of hydrogen-bond acceptors (Lipinski definition) is 4. The predicted octanol–water partition coefficient (Wildman–Crippen LogP) is 5.82. The van der Waals surface area contributed by atoms with Crippen molar-refractivity contribution in [3.05, 3.63) is 71.8 Å². The molecule has 1 saturated heterocycles. The molecule has 0 aliphatic carbocycles. The second-order valence-corrected chi connectivity index (χ2v) is 8.04. The molecule has 0 saturated carbocycles. The SMILES string of the molecule is CCCCCCC1N(C(C#N)c2ccccc2)CCCN1C(C#N)c1ccccc1. The monoisotopic (exact) mass is 400 g/mol. The molecule has 2 unspecified atom stereocenters. The van der Waals surface area contributed by atoms with E-state index in [4.69, 9.17) is 0 Å². The maximum absolute atomic E-state index is 10.1. The zero-order valence-electron chi connectivity index (χ0n) is 18.0. The largest absolute Gasteiger partial charge is 0.268 e. The molecule has 0 spiro atoms. The average Bonchev–Trinajstić information content (AvgIpc) is 2.80. The molecule has 4 heteroatoms. The molecule has 2 atom stereocenters. The molecule has 0 bridgehead atoms. The van der Waals surface area contributed by atoms with Gasteiger partial charge in [0.15, 0.2) is 0 Å².